The van der Waals surface area contributed by atoms with Crippen molar-refractivity contribution in [3.05, 3.63) is 35.8 Å². The molecule has 0 aromatic carbocycles. The minimum Gasteiger partial charge on any atom is -0.506 e. The third kappa shape index (κ3) is 7.34. The van der Waals surface area contributed by atoms with Crippen molar-refractivity contribution in [3.63, 3.8) is 0 Å². The number of hydrogen-bond acceptors (Lipinski definition) is 5. The van der Waals surface area contributed by atoms with E-state index in [9.17, 15) is 14.7 Å². The van der Waals surface area contributed by atoms with Gasteiger partial charge < -0.3 is 19.5 Å². The predicted octanol–water partition coefficient (Wildman–Crippen LogP) is 2.75. The van der Waals surface area contributed by atoms with Gasteiger partial charge in [0, 0.05) is 13.5 Å². The SMILES string of the molecule is C=C(CC=O)/C(=C(O)\C=C/C)N(C)CC(=O)OC(C)(C)C. The Hall–Kier alpha value is -2.04. The van der Waals surface area contributed by atoms with Gasteiger partial charge in [0.1, 0.15) is 24.2 Å². The normalized spacial score (nSPS) is 12.8. The molecular weight excluding hydrogens is 270 g/mol. The van der Waals surface area contributed by atoms with E-state index < -0.39 is 11.6 Å². The number of hydrogen-bond donors (Lipinski definition) is 1. The second-order valence-electron chi connectivity index (χ2n) is 5.65. The molecular formula is C16H25NO4. The van der Waals surface area contributed by atoms with Crippen LogP contribution in [-0.4, -0.2) is 41.5 Å². The summed E-state index contributed by atoms with van der Waals surface area (Å²) in [5, 5.41) is 10.0. The first-order chi connectivity index (χ1) is 9.62. The number of carbonyl (C=O) groups excluding carboxylic acids is 2. The van der Waals surface area contributed by atoms with E-state index in [1.807, 2.05) is 0 Å². The summed E-state index contributed by atoms with van der Waals surface area (Å²) in [4.78, 5) is 24.0. The van der Waals surface area contributed by atoms with Crippen LogP contribution in [0.1, 0.15) is 34.1 Å². The Morgan fingerprint density at radius 2 is 1.95 bits per heavy atom. The molecule has 0 atom stereocenters. The summed E-state index contributed by atoms with van der Waals surface area (Å²) in [7, 11) is 1.63. The summed E-state index contributed by atoms with van der Waals surface area (Å²) in [5.41, 5.74) is 0.213. The number of aliphatic hydroxyl groups is 1. The maximum absolute atomic E-state index is 11.8. The summed E-state index contributed by atoms with van der Waals surface area (Å²) in [6, 6.07) is 0. The molecule has 0 saturated carbocycles. The molecule has 0 saturated heterocycles. The van der Waals surface area contributed by atoms with Crippen molar-refractivity contribution in [2.75, 3.05) is 13.6 Å². The summed E-state index contributed by atoms with van der Waals surface area (Å²) >= 11 is 0. The van der Waals surface area contributed by atoms with E-state index in [0.29, 0.717) is 17.6 Å². The van der Waals surface area contributed by atoms with Gasteiger partial charge in [0.15, 0.2) is 0 Å². The highest BCUT2D eigenvalue weighted by molar-refractivity contribution is 5.72. The van der Waals surface area contributed by atoms with Crippen molar-refractivity contribution in [2.45, 2.75) is 39.7 Å². The molecule has 0 spiro atoms. The van der Waals surface area contributed by atoms with Gasteiger partial charge in [0.25, 0.3) is 0 Å². The molecule has 0 radical (unpaired) electrons. The monoisotopic (exact) mass is 295 g/mol. The molecule has 0 aromatic rings. The van der Waals surface area contributed by atoms with Gasteiger partial charge in [-0.05, 0) is 39.3 Å². The molecule has 0 aliphatic carbocycles. The van der Waals surface area contributed by atoms with Crippen LogP contribution in [0.3, 0.4) is 0 Å². The van der Waals surface area contributed by atoms with E-state index in [-0.39, 0.29) is 18.7 Å². The Morgan fingerprint density at radius 1 is 1.38 bits per heavy atom. The molecule has 0 fully saturated rings. The first-order valence-corrected chi connectivity index (χ1v) is 6.73. The molecule has 0 aliphatic rings. The Balaban J connectivity index is 5.19. The van der Waals surface area contributed by atoms with Crippen LogP contribution >= 0.6 is 0 Å². The lowest BCUT2D eigenvalue weighted by Gasteiger charge is -2.26. The highest BCUT2D eigenvalue weighted by Gasteiger charge is 2.20. The summed E-state index contributed by atoms with van der Waals surface area (Å²) in [6.07, 6.45) is 3.92. The minimum atomic E-state index is -0.576. The Bertz CT molecular complexity index is 455. The number of allylic oxidation sites excluding steroid dienone is 3. The second-order valence-corrected chi connectivity index (χ2v) is 5.65. The fourth-order valence-corrected chi connectivity index (χ4v) is 1.73. The van der Waals surface area contributed by atoms with Gasteiger partial charge >= 0.3 is 5.97 Å². The molecule has 21 heavy (non-hydrogen) atoms. The quantitative estimate of drug-likeness (QED) is 0.338. The maximum Gasteiger partial charge on any atom is 0.326 e. The summed E-state index contributed by atoms with van der Waals surface area (Å²) < 4.78 is 5.24. The number of ether oxygens (including phenoxy) is 1. The number of rotatable bonds is 7. The van der Waals surface area contributed by atoms with Gasteiger partial charge in [0.2, 0.25) is 0 Å². The third-order valence-electron chi connectivity index (χ3n) is 2.40. The largest absolute Gasteiger partial charge is 0.506 e. The molecule has 0 heterocycles. The average Bonchev–Trinajstić information content (AvgIpc) is 2.26. The van der Waals surface area contributed by atoms with Crippen LogP contribution in [0.25, 0.3) is 0 Å². The molecule has 0 unspecified atom stereocenters. The van der Waals surface area contributed by atoms with E-state index in [4.69, 9.17) is 4.74 Å². The second kappa shape index (κ2) is 8.29. The van der Waals surface area contributed by atoms with Crippen molar-refractivity contribution in [1.82, 2.24) is 4.90 Å². The minimum absolute atomic E-state index is 0.0459. The van der Waals surface area contributed by atoms with E-state index in [2.05, 4.69) is 6.58 Å². The van der Waals surface area contributed by atoms with Gasteiger partial charge in [-0.3, -0.25) is 4.79 Å². The van der Waals surface area contributed by atoms with Crippen LogP contribution in [0.5, 0.6) is 0 Å². The summed E-state index contributed by atoms with van der Waals surface area (Å²) in [5.74, 6) is -0.468. The first kappa shape index (κ1) is 19.0. The Labute approximate surface area is 126 Å². The van der Waals surface area contributed by atoms with Crippen molar-refractivity contribution in [3.8, 4) is 0 Å². The van der Waals surface area contributed by atoms with Crippen molar-refractivity contribution >= 4 is 12.3 Å². The highest BCUT2D eigenvalue weighted by Crippen LogP contribution is 2.19. The van der Waals surface area contributed by atoms with Crippen LogP contribution in [0, 0.1) is 0 Å². The predicted molar refractivity (Wildman–Crippen MR) is 82.8 cm³/mol. The number of likely N-dealkylation sites (N-methyl/N-ethyl adjacent to an activating group) is 1. The van der Waals surface area contributed by atoms with Crippen molar-refractivity contribution < 1.29 is 19.4 Å². The smallest absolute Gasteiger partial charge is 0.326 e. The van der Waals surface area contributed by atoms with E-state index >= 15 is 0 Å². The van der Waals surface area contributed by atoms with Crippen molar-refractivity contribution in [2.24, 2.45) is 0 Å². The third-order valence-corrected chi connectivity index (χ3v) is 2.40. The number of nitrogens with zero attached hydrogens (tertiary/aromatic N) is 1. The molecule has 0 aromatic heterocycles. The zero-order valence-electron chi connectivity index (χ0n) is 13.5. The number of carbonyl (C=O) groups is 2. The number of aldehydes is 1. The zero-order valence-corrected chi connectivity index (χ0v) is 13.5. The van der Waals surface area contributed by atoms with Crippen LogP contribution in [-0.2, 0) is 14.3 Å². The lowest BCUT2D eigenvalue weighted by molar-refractivity contribution is -0.155. The molecule has 5 heteroatoms. The van der Waals surface area contributed by atoms with E-state index in [1.54, 1.807) is 40.8 Å². The Morgan fingerprint density at radius 3 is 2.38 bits per heavy atom. The van der Waals surface area contributed by atoms with Gasteiger partial charge in [-0.25, -0.2) is 0 Å². The lowest BCUT2D eigenvalue weighted by atomic mass is 10.1. The molecule has 5 nitrogen and oxygen atoms in total. The van der Waals surface area contributed by atoms with E-state index in [0.717, 1.165) is 0 Å². The number of aliphatic hydroxyl groups excluding tert-OH is 1. The fourth-order valence-electron chi connectivity index (χ4n) is 1.73. The van der Waals surface area contributed by atoms with Crippen LogP contribution < -0.4 is 0 Å². The van der Waals surface area contributed by atoms with Crippen LogP contribution in [0.2, 0.25) is 0 Å². The summed E-state index contributed by atoms with van der Waals surface area (Å²) in [6.45, 7) is 10.8. The van der Waals surface area contributed by atoms with Crippen LogP contribution in [0.15, 0.2) is 35.8 Å². The number of esters is 1. The highest BCUT2D eigenvalue weighted by atomic mass is 16.6. The fraction of sp³-hybridized carbons (Fsp3) is 0.500. The van der Waals surface area contributed by atoms with Gasteiger partial charge in [-0.2, -0.15) is 0 Å². The van der Waals surface area contributed by atoms with Gasteiger partial charge in [-0.1, -0.05) is 12.7 Å². The molecule has 0 amide bonds. The first-order valence-electron chi connectivity index (χ1n) is 6.73. The maximum atomic E-state index is 11.8. The van der Waals surface area contributed by atoms with Crippen LogP contribution in [0.4, 0.5) is 0 Å². The average molecular weight is 295 g/mol. The Kier molecular flexibility index (Phi) is 7.49. The lowest BCUT2D eigenvalue weighted by Crippen LogP contribution is -2.33. The molecule has 0 bridgehead atoms. The standard InChI is InChI=1S/C16H25NO4/c1-7-8-13(19)15(12(2)9-10-18)17(6)11-14(20)21-16(3,4)5/h7-8,10,19H,2,9,11H2,1,3-6H3/b8-7-,15-13-. The van der Waals surface area contributed by atoms with Gasteiger partial charge in [0.05, 0.1) is 5.70 Å². The topological polar surface area (TPSA) is 66.8 Å². The molecule has 1 N–H and O–H groups in total. The molecule has 0 rings (SSSR count). The van der Waals surface area contributed by atoms with Gasteiger partial charge in [-0.15, -0.1) is 0 Å². The van der Waals surface area contributed by atoms with Crippen molar-refractivity contribution in [1.29, 1.82) is 0 Å². The molecule has 0 aliphatic heterocycles. The zero-order chi connectivity index (χ0) is 16.6. The van der Waals surface area contributed by atoms with E-state index in [1.165, 1.54) is 11.0 Å². The molecule has 118 valence electrons.